The van der Waals surface area contributed by atoms with Gasteiger partial charge in [-0.3, -0.25) is 9.69 Å². The van der Waals surface area contributed by atoms with Crippen LogP contribution in [0.5, 0.6) is 0 Å². The molecule has 7 nitrogen and oxygen atoms in total. The summed E-state index contributed by atoms with van der Waals surface area (Å²) in [5, 5.41) is 9.00. The standard InChI is InChI=1S/C26H33N5O2S/c1-18-4-6-19(7-5-18)31-25(21-8-10-26(2,3)24(21)29-31)28-22(32)16-23-27-17-20(34-23)9-11-30-12-14-33-15-13-30/h4-7,17H,8-16H2,1-3H3,(H,28,32). The molecule has 0 radical (unpaired) electrons. The molecular weight excluding hydrogens is 446 g/mol. The fourth-order valence-corrected chi connectivity index (χ4v) is 5.65. The Hall–Kier alpha value is -2.55. The van der Waals surface area contributed by atoms with Gasteiger partial charge in [-0.2, -0.15) is 5.10 Å². The first-order valence-corrected chi connectivity index (χ1v) is 12.9. The molecule has 1 aromatic carbocycles. The quantitative estimate of drug-likeness (QED) is 0.556. The molecule has 2 aliphatic rings. The molecule has 5 rings (SSSR count). The summed E-state index contributed by atoms with van der Waals surface area (Å²) >= 11 is 1.64. The van der Waals surface area contributed by atoms with E-state index >= 15 is 0 Å². The van der Waals surface area contributed by atoms with Gasteiger partial charge in [-0.15, -0.1) is 11.3 Å². The van der Waals surface area contributed by atoms with Crippen LogP contribution >= 0.6 is 11.3 Å². The number of hydrogen-bond acceptors (Lipinski definition) is 6. The van der Waals surface area contributed by atoms with Crippen molar-refractivity contribution < 1.29 is 9.53 Å². The topological polar surface area (TPSA) is 72.3 Å². The summed E-state index contributed by atoms with van der Waals surface area (Å²) in [7, 11) is 0. The Bertz CT molecular complexity index is 1160. The van der Waals surface area contributed by atoms with Crippen molar-refractivity contribution in [2.24, 2.45) is 0 Å². The molecule has 180 valence electrons. The summed E-state index contributed by atoms with van der Waals surface area (Å²) in [6, 6.07) is 8.27. The van der Waals surface area contributed by atoms with Crippen molar-refractivity contribution in [2.75, 3.05) is 38.2 Å². The number of aromatic nitrogens is 3. The molecule has 1 aliphatic heterocycles. The first-order chi connectivity index (χ1) is 16.4. The van der Waals surface area contributed by atoms with Crippen LogP contribution < -0.4 is 5.32 Å². The third-order valence-electron chi connectivity index (χ3n) is 6.85. The van der Waals surface area contributed by atoms with Crippen LogP contribution in [0.25, 0.3) is 5.69 Å². The number of rotatable bonds is 7. The Balaban J connectivity index is 1.29. The number of hydrogen-bond donors (Lipinski definition) is 1. The van der Waals surface area contributed by atoms with E-state index in [-0.39, 0.29) is 17.7 Å². The lowest BCUT2D eigenvalue weighted by molar-refractivity contribution is -0.115. The third kappa shape index (κ3) is 4.94. The molecule has 0 unspecified atom stereocenters. The van der Waals surface area contributed by atoms with Gasteiger partial charge in [0.2, 0.25) is 5.91 Å². The highest BCUT2D eigenvalue weighted by Gasteiger charge is 2.37. The molecule has 3 heterocycles. The molecule has 1 saturated heterocycles. The van der Waals surface area contributed by atoms with Gasteiger partial charge in [-0.1, -0.05) is 31.5 Å². The summed E-state index contributed by atoms with van der Waals surface area (Å²) in [5.74, 6) is 0.758. The zero-order valence-corrected chi connectivity index (χ0v) is 21.1. The molecule has 0 bridgehead atoms. The largest absolute Gasteiger partial charge is 0.379 e. The summed E-state index contributed by atoms with van der Waals surface area (Å²) < 4.78 is 7.32. The fourth-order valence-electron chi connectivity index (χ4n) is 4.74. The minimum atomic E-state index is -0.0464. The number of morpholine rings is 1. The minimum absolute atomic E-state index is 0.00937. The average molecular weight is 480 g/mol. The predicted molar refractivity (Wildman–Crippen MR) is 135 cm³/mol. The Morgan fingerprint density at radius 3 is 2.74 bits per heavy atom. The molecule has 1 amide bonds. The van der Waals surface area contributed by atoms with Crippen LogP contribution in [0.15, 0.2) is 30.5 Å². The van der Waals surface area contributed by atoms with Gasteiger partial charge in [-0.25, -0.2) is 9.67 Å². The molecule has 8 heteroatoms. The number of carbonyl (C=O) groups excluding carboxylic acids is 1. The van der Waals surface area contributed by atoms with Crippen molar-refractivity contribution in [3.05, 3.63) is 57.2 Å². The van der Waals surface area contributed by atoms with Crippen LogP contribution in [0.3, 0.4) is 0 Å². The summed E-state index contributed by atoms with van der Waals surface area (Å²) in [6.07, 6.45) is 5.13. The maximum atomic E-state index is 13.1. The normalized spacial score (nSPS) is 17.6. The summed E-state index contributed by atoms with van der Waals surface area (Å²) in [6.45, 7) is 11.1. The number of nitrogens with one attached hydrogen (secondary N) is 1. The second-order valence-corrected chi connectivity index (χ2v) is 11.2. The Labute approximate surface area is 205 Å². The van der Waals surface area contributed by atoms with E-state index in [9.17, 15) is 4.79 Å². The number of amides is 1. The lowest BCUT2D eigenvalue weighted by atomic mass is 9.91. The number of fused-ring (bicyclic) bond motifs is 1. The highest BCUT2D eigenvalue weighted by atomic mass is 32.1. The second-order valence-electron chi connectivity index (χ2n) is 9.96. The number of nitrogens with zero attached hydrogens (tertiary/aromatic N) is 4. The first-order valence-electron chi connectivity index (χ1n) is 12.1. The third-order valence-corrected chi connectivity index (χ3v) is 7.91. The number of carbonyl (C=O) groups is 1. The number of aryl methyl sites for hydroxylation is 1. The van der Waals surface area contributed by atoms with E-state index in [0.29, 0.717) is 0 Å². The van der Waals surface area contributed by atoms with Gasteiger partial charge in [-0.05, 0) is 38.3 Å². The fraction of sp³-hybridized carbons (Fsp3) is 0.500. The Kier molecular flexibility index (Phi) is 6.55. The van der Waals surface area contributed by atoms with Gasteiger partial charge in [0, 0.05) is 41.7 Å². The van der Waals surface area contributed by atoms with E-state index in [0.717, 1.165) is 79.9 Å². The smallest absolute Gasteiger partial charge is 0.232 e. The molecule has 2 aromatic heterocycles. The van der Waals surface area contributed by atoms with Crippen molar-refractivity contribution >= 4 is 23.1 Å². The van der Waals surface area contributed by atoms with Crippen LogP contribution in [-0.4, -0.2) is 58.4 Å². The zero-order valence-electron chi connectivity index (χ0n) is 20.3. The zero-order chi connectivity index (χ0) is 23.7. The van der Waals surface area contributed by atoms with Gasteiger partial charge in [0.15, 0.2) is 0 Å². The number of benzene rings is 1. The van der Waals surface area contributed by atoms with Crippen LogP contribution in [0.4, 0.5) is 5.82 Å². The van der Waals surface area contributed by atoms with Crippen LogP contribution in [0.2, 0.25) is 0 Å². The van der Waals surface area contributed by atoms with E-state index < -0.39 is 0 Å². The predicted octanol–water partition coefficient (Wildman–Crippen LogP) is 3.92. The maximum Gasteiger partial charge on any atom is 0.232 e. The molecular formula is C26H33N5O2S. The monoisotopic (exact) mass is 479 g/mol. The molecule has 1 N–H and O–H groups in total. The Morgan fingerprint density at radius 1 is 1.21 bits per heavy atom. The van der Waals surface area contributed by atoms with E-state index in [1.807, 2.05) is 10.9 Å². The van der Waals surface area contributed by atoms with Crippen molar-refractivity contribution in [3.63, 3.8) is 0 Å². The van der Waals surface area contributed by atoms with Crippen LogP contribution in [-0.2, 0) is 34.2 Å². The Morgan fingerprint density at radius 2 is 1.97 bits per heavy atom. The minimum Gasteiger partial charge on any atom is -0.379 e. The van der Waals surface area contributed by atoms with Gasteiger partial charge in [0.05, 0.1) is 31.0 Å². The maximum absolute atomic E-state index is 13.1. The highest BCUT2D eigenvalue weighted by molar-refractivity contribution is 7.11. The highest BCUT2D eigenvalue weighted by Crippen LogP contribution is 2.42. The lowest BCUT2D eigenvalue weighted by Gasteiger charge is -2.26. The molecule has 1 aliphatic carbocycles. The number of anilines is 1. The molecule has 34 heavy (non-hydrogen) atoms. The van der Waals surface area contributed by atoms with Crippen LogP contribution in [0.1, 0.15) is 47.0 Å². The number of thiazole rings is 1. The van der Waals surface area contributed by atoms with E-state index in [4.69, 9.17) is 9.84 Å². The van der Waals surface area contributed by atoms with Gasteiger partial charge in [0.1, 0.15) is 10.8 Å². The summed E-state index contributed by atoms with van der Waals surface area (Å²) in [5.41, 5.74) is 4.41. The summed E-state index contributed by atoms with van der Waals surface area (Å²) in [4.78, 5) is 21.3. The average Bonchev–Trinajstić information content (AvgIpc) is 3.50. The van der Waals surface area contributed by atoms with E-state index in [1.165, 1.54) is 10.4 Å². The van der Waals surface area contributed by atoms with Crippen molar-refractivity contribution in [3.8, 4) is 5.69 Å². The first kappa shape index (κ1) is 23.2. The number of ether oxygens (including phenoxy) is 1. The van der Waals surface area contributed by atoms with Gasteiger partial charge >= 0.3 is 0 Å². The SMILES string of the molecule is Cc1ccc(-n2nc3c(c2NC(=O)Cc2ncc(CCN4CCOCC4)s2)CCC3(C)C)cc1. The van der Waals surface area contributed by atoms with Gasteiger partial charge < -0.3 is 10.1 Å². The second kappa shape index (κ2) is 9.60. The molecule has 0 atom stereocenters. The molecule has 1 fully saturated rings. The van der Waals surface area contributed by atoms with Crippen molar-refractivity contribution in [1.29, 1.82) is 0 Å². The van der Waals surface area contributed by atoms with Crippen molar-refractivity contribution in [1.82, 2.24) is 19.7 Å². The van der Waals surface area contributed by atoms with E-state index in [1.54, 1.807) is 11.3 Å². The van der Waals surface area contributed by atoms with Gasteiger partial charge in [0.25, 0.3) is 0 Å². The van der Waals surface area contributed by atoms with Crippen LogP contribution in [0, 0.1) is 6.92 Å². The molecule has 0 spiro atoms. The lowest BCUT2D eigenvalue weighted by Crippen LogP contribution is -2.37. The molecule has 0 saturated carbocycles. The molecule has 3 aromatic rings. The van der Waals surface area contributed by atoms with E-state index in [2.05, 4.69) is 60.2 Å². The van der Waals surface area contributed by atoms with Crippen molar-refractivity contribution in [2.45, 2.75) is 51.9 Å².